The molecule has 4 nitrogen and oxygen atoms in total. The van der Waals surface area contributed by atoms with Crippen molar-refractivity contribution >= 4 is 11.8 Å². The number of thioether (sulfide) groups is 1. The van der Waals surface area contributed by atoms with Crippen LogP contribution in [0.4, 0.5) is 0 Å². The Balaban J connectivity index is 1.67. The molecule has 3 aromatic rings. The number of benzene rings is 2. The molecule has 0 atom stereocenters. The number of aryl methyl sites for hydroxylation is 3. The summed E-state index contributed by atoms with van der Waals surface area (Å²) >= 11 is 1.66. The molecule has 0 aliphatic rings. The first-order valence-corrected chi connectivity index (χ1v) is 8.94. The zero-order valence-corrected chi connectivity index (χ0v) is 15.0. The van der Waals surface area contributed by atoms with Crippen LogP contribution in [0, 0.1) is 20.8 Å². The predicted molar refractivity (Wildman–Crippen MR) is 98.2 cm³/mol. The van der Waals surface area contributed by atoms with Crippen molar-refractivity contribution in [1.29, 1.82) is 0 Å². The Morgan fingerprint density at radius 2 is 1.75 bits per heavy atom. The third-order valence-corrected chi connectivity index (χ3v) is 4.76. The van der Waals surface area contributed by atoms with Gasteiger partial charge in [-0.25, -0.2) is 0 Å². The van der Waals surface area contributed by atoms with Crippen molar-refractivity contribution < 1.29 is 4.74 Å². The van der Waals surface area contributed by atoms with Gasteiger partial charge < -0.3 is 4.74 Å². The van der Waals surface area contributed by atoms with Crippen molar-refractivity contribution in [2.24, 2.45) is 0 Å². The van der Waals surface area contributed by atoms with Crippen LogP contribution in [0.2, 0.25) is 0 Å². The van der Waals surface area contributed by atoms with Gasteiger partial charge in [-0.05, 0) is 56.2 Å². The molecule has 0 aliphatic heterocycles. The Kier molecular flexibility index (Phi) is 5.20. The SMILES string of the molecule is Cc1ccc(-n2c(C)nnc2SCCOc2ccccc2)cc1C. The van der Waals surface area contributed by atoms with E-state index in [-0.39, 0.29) is 0 Å². The average molecular weight is 339 g/mol. The maximum atomic E-state index is 5.74. The van der Waals surface area contributed by atoms with Gasteiger partial charge in [0.1, 0.15) is 11.6 Å². The Hall–Kier alpha value is -2.27. The molecule has 0 fully saturated rings. The number of aromatic nitrogens is 3. The number of hydrogen-bond donors (Lipinski definition) is 0. The van der Waals surface area contributed by atoms with Crippen LogP contribution in [0.5, 0.6) is 5.75 Å². The molecule has 0 bridgehead atoms. The van der Waals surface area contributed by atoms with Crippen LogP contribution in [0.3, 0.4) is 0 Å². The van der Waals surface area contributed by atoms with Crippen molar-refractivity contribution in [1.82, 2.24) is 14.8 Å². The van der Waals surface area contributed by atoms with Gasteiger partial charge in [0, 0.05) is 11.4 Å². The molecule has 0 amide bonds. The van der Waals surface area contributed by atoms with Gasteiger partial charge in [-0.1, -0.05) is 36.0 Å². The summed E-state index contributed by atoms with van der Waals surface area (Å²) in [6.45, 7) is 6.86. The monoisotopic (exact) mass is 339 g/mol. The van der Waals surface area contributed by atoms with Gasteiger partial charge in [0.05, 0.1) is 6.61 Å². The Bertz CT molecular complexity index is 815. The highest BCUT2D eigenvalue weighted by Crippen LogP contribution is 2.23. The van der Waals surface area contributed by atoms with Gasteiger partial charge in [0.2, 0.25) is 0 Å². The molecular weight excluding hydrogens is 318 g/mol. The van der Waals surface area contributed by atoms with Gasteiger partial charge in [-0.3, -0.25) is 4.57 Å². The molecule has 0 radical (unpaired) electrons. The molecule has 0 unspecified atom stereocenters. The molecule has 0 spiro atoms. The summed E-state index contributed by atoms with van der Waals surface area (Å²) in [5.41, 5.74) is 3.66. The molecule has 0 aliphatic carbocycles. The second-order valence-corrected chi connectivity index (χ2v) is 6.71. The lowest BCUT2D eigenvalue weighted by molar-refractivity contribution is 0.344. The molecule has 5 heteroatoms. The molecule has 0 saturated heterocycles. The summed E-state index contributed by atoms with van der Waals surface area (Å²) in [7, 11) is 0. The fraction of sp³-hybridized carbons (Fsp3) is 0.263. The number of ether oxygens (including phenoxy) is 1. The van der Waals surface area contributed by atoms with Crippen molar-refractivity contribution in [2.75, 3.05) is 12.4 Å². The van der Waals surface area contributed by atoms with Gasteiger partial charge in [0.15, 0.2) is 5.16 Å². The topological polar surface area (TPSA) is 39.9 Å². The highest BCUT2D eigenvalue weighted by atomic mass is 32.2. The van der Waals surface area contributed by atoms with Crippen molar-refractivity contribution in [2.45, 2.75) is 25.9 Å². The predicted octanol–water partition coefficient (Wildman–Crippen LogP) is 4.36. The smallest absolute Gasteiger partial charge is 0.195 e. The molecule has 2 aromatic carbocycles. The highest BCUT2D eigenvalue weighted by molar-refractivity contribution is 7.99. The molecule has 1 aromatic heterocycles. The molecule has 24 heavy (non-hydrogen) atoms. The summed E-state index contributed by atoms with van der Waals surface area (Å²) in [5.74, 6) is 2.60. The molecule has 0 N–H and O–H groups in total. The van der Waals surface area contributed by atoms with E-state index < -0.39 is 0 Å². The van der Waals surface area contributed by atoms with E-state index in [9.17, 15) is 0 Å². The van der Waals surface area contributed by atoms with Crippen LogP contribution in [0.25, 0.3) is 5.69 Å². The second-order valence-electron chi connectivity index (χ2n) is 5.64. The van der Waals surface area contributed by atoms with Crippen molar-refractivity contribution in [3.63, 3.8) is 0 Å². The van der Waals surface area contributed by atoms with E-state index in [4.69, 9.17) is 4.74 Å². The van der Waals surface area contributed by atoms with E-state index in [1.54, 1.807) is 11.8 Å². The van der Waals surface area contributed by atoms with E-state index in [1.807, 2.05) is 37.3 Å². The molecule has 3 rings (SSSR count). The maximum absolute atomic E-state index is 5.74. The van der Waals surface area contributed by atoms with E-state index in [0.717, 1.165) is 28.2 Å². The molecule has 0 saturated carbocycles. The minimum Gasteiger partial charge on any atom is -0.493 e. The minimum absolute atomic E-state index is 0.632. The summed E-state index contributed by atoms with van der Waals surface area (Å²) in [5, 5.41) is 9.44. The van der Waals surface area contributed by atoms with Gasteiger partial charge in [0.25, 0.3) is 0 Å². The Morgan fingerprint density at radius 1 is 0.958 bits per heavy atom. The van der Waals surface area contributed by atoms with E-state index in [0.29, 0.717) is 6.61 Å². The van der Waals surface area contributed by atoms with E-state index in [2.05, 4.69) is 46.8 Å². The van der Waals surface area contributed by atoms with E-state index >= 15 is 0 Å². The first-order valence-electron chi connectivity index (χ1n) is 7.95. The molecule has 1 heterocycles. The van der Waals surface area contributed by atoms with Crippen LogP contribution >= 0.6 is 11.8 Å². The fourth-order valence-electron chi connectivity index (χ4n) is 2.41. The maximum Gasteiger partial charge on any atom is 0.195 e. The number of para-hydroxylation sites is 1. The standard InChI is InChI=1S/C19H21N3OS/c1-14-9-10-17(13-15(14)2)22-16(3)20-21-19(22)24-12-11-23-18-7-5-4-6-8-18/h4-10,13H,11-12H2,1-3H3. The number of hydrogen-bond acceptors (Lipinski definition) is 4. The fourth-order valence-corrected chi connectivity index (χ4v) is 3.22. The zero-order valence-electron chi connectivity index (χ0n) is 14.2. The summed E-state index contributed by atoms with van der Waals surface area (Å²) < 4.78 is 7.83. The largest absolute Gasteiger partial charge is 0.493 e. The normalized spacial score (nSPS) is 10.8. The Labute approximate surface area is 146 Å². The third-order valence-electron chi connectivity index (χ3n) is 3.87. The lowest BCUT2D eigenvalue weighted by Crippen LogP contribution is -2.03. The third kappa shape index (κ3) is 3.79. The van der Waals surface area contributed by atoms with Crippen LogP contribution in [-0.2, 0) is 0 Å². The van der Waals surface area contributed by atoms with Crippen LogP contribution in [0.1, 0.15) is 17.0 Å². The summed E-state index contributed by atoms with van der Waals surface area (Å²) in [4.78, 5) is 0. The average Bonchev–Trinajstić information content (AvgIpc) is 2.96. The first-order chi connectivity index (χ1) is 11.6. The zero-order chi connectivity index (χ0) is 16.9. The van der Waals surface area contributed by atoms with Crippen LogP contribution < -0.4 is 4.74 Å². The lowest BCUT2D eigenvalue weighted by Gasteiger charge is -2.11. The van der Waals surface area contributed by atoms with Crippen LogP contribution in [-0.4, -0.2) is 27.1 Å². The van der Waals surface area contributed by atoms with Crippen molar-refractivity contribution in [3.05, 3.63) is 65.5 Å². The van der Waals surface area contributed by atoms with E-state index in [1.165, 1.54) is 11.1 Å². The minimum atomic E-state index is 0.632. The van der Waals surface area contributed by atoms with Crippen molar-refractivity contribution in [3.8, 4) is 11.4 Å². The lowest BCUT2D eigenvalue weighted by atomic mass is 10.1. The molecular formula is C19H21N3OS. The van der Waals surface area contributed by atoms with Gasteiger partial charge >= 0.3 is 0 Å². The first kappa shape index (κ1) is 16.6. The molecule has 124 valence electrons. The summed E-state index contributed by atoms with van der Waals surface area (Å²) in [6.07, 6.45) is 0. The second kappa shape index (κ2) is 7.53. The summed E-state index contributed by atoms with van der Waals surface area (Å²) in [6, 6.07) is 16.3. The quantitative estimate of drug-likeness (QED) is 0.494. The van der Waals surface area contributed by atoms with Gasteiger partial charge in [-0.15, -0.1) is 10.2 Å². The number of rotatable bonds is 6. The van der Waals surface area contributed by atoms with Crippen LogP contribution in [0.15, 0.2) is 53.7 Å². The van der Waals surface area contributed by atoms with Gasteiger partial charge in [-0.2, -0.15) is 0 Å². The highest BCUT2D eigenvalue weighted by Gasteiger charge is 2.12. The Morgan fingerprint density at radius 3 is 2.50 bits per heavy atom. The number of nitrogens with zero attached hydrogens (tertiary/aromatic N) is 3.